The van der Waals surface area contributed by atoms with Crippen molar-refractivity contribution in [3.05, 3.63) is 65.5 Å². The number of H-pyrrole nitrogens is 1. The van der Waals surface area contributed by atoms with Gasteiger partial charge in [0.2, 0.25) is 11.9 Å². The number of fused-ring (bicyclic) bond motifs is 1. The van der Waals surface area contributed by atoms with Gasteiger partial charge in [-0.25, -0.2) is 9.50 Å². The molecule has 1 saturated carbocycles. The van der Waals surface area contributed by atoms with Gasteiger partial charge in [-0.3, -0.25) is 15.1 Å². The molecule has 5 heterocycles. The predicted molar refractivity (Wildman–Crippen MR) is 128 cm³/mol. The Labute approximate surface area is 204 Å². The lowest BCUT2D eigenvalue weighted by atomic mass is 10.0. The van der Waals surface area contributed by atoms with E-state index in [1.54, 1.807) is 15.5 Å². The van der Waals surface area contributed by atoms with Gasteiger partial charge in [0.25, 0.3) is 0 Å². The molecule has 1 aliphatic carbocycles. The smallest absolute Gasteiger partial charge is 0.246 e. The third kappa shape index (κ3) is 4.34. The Morgan fingerprint density at radius 1 is 1.31 bits per heavy atom. The molecule has 1 aliphatic heterocycles. The Bertz CT molecular complexity index is 1410. The van der Waals surface area contributed by atoms with E-state index in [2.05, 4.69) is 36.2 Å². The van der Waals surface area contributed by atoms with Crippen LogP contribution in [0.2, 0.25) is 0 Å². The third-order valence-corrected chi connectivity index (χ3v) is 6.58. The van der Waals surface area contributed by atoms with Crippen molar-refractivity contribution >= 4 is 28.9 Å². The average molecular weight is 489 g/mol. The molecule has 2 fully saturated rings. The molecular weight excluding hydrogens is 465 g/mol. The van der Waals surface area contributed by atoms with Crippen LogP contribution in [0.15, 0.2) is 47.9 Å². The number of nitrogens with zero attached hydrogens (tertiary/aromatic N) is 8. The minimum Gasteiger partial charge on any atom is -0.409 e. The summed E-state index contributed by atoms with van der Waals surface area (Å²) in [5.41, 5.74) is 14.2. The molecule has 36 heavy (non-hydrogen) atoms. The fourth-order valence-corrected chi connectivity index (χ4v) is 4.63. The molecule has 0 bridgehead atoms. The molecule has 12 nitrogen and oxygen atoms in total. The lowest BCUT2D eigenvalue weighted by Gasteiger charge is -2.24. The number of hydrogen-bond acceptors (Lipinski definition) is 8. The van der Waals surface area contributed by atoms with Crippen LogP contribution in [0.5, 0.6) is 0 Å². The molecule has 6 rings (SSSR count). The fourth-order valence-electron chi connectivity index (χ4n) is 4.63. The SMILES string of the molecule is [N-]=NN[C@H]1C[C@@H](C(=O)Cc2ccc(F)nc2)N(c2nc(Nc3cc(C4CC4)[nH]n3)c3cccn3n2)C1. The normalized spacial score (nSPS) is 19.5. The molecule has 4 aromatic rings. The van der Waals surface area contributed by atoms with Crippen LogP contribution in [-0.2, 0) is 11.2 Å². The highest BCUT2D eigenvalue weighted by atomic mass is 19.1. The van der Waals surface area contributed by atoms with Crippen molar-refractivity contribution in [2.75, 3.05) is 16.8 Å². The molecule has 1 saturated heterocycles. The zero-order valence-corrected chi connectivity index (χ0v) is 19.2. The van der Waals surface area contributed by atoms with Crippen molar-refractivity contribution in [3.63, 3.8) is 0 Å². The maximum atomic E-state index is 13.3. The molecule has 184 valence electrons. The number of pyridine rings is 1. The van der Waals surface area contributed by atoms with Crippen LogP contribution < -0.4 is 15.6 Å². The summed E-state index contributed by atoms with van der Waals surface area (Å²) >= 11 is 0. The van der Waals surface area contributed by atoms with Gasteiger partial charge < -0.3 is 21.2 Å². The summed E-state index contributed by atoms with van der Waals surface area (Å²) in [7, 11) is 0. The number of halogens is 1. The van der Waals surface area contributed by atoms with Crippen LogP contribution in [0, 0.1) is 5.95 Å². The van der Waals surface area contributed by atoms with Crippen molar-refractivity contribution in [3.8, 4) is 0 Å². The Hall–Kier alpha value is -4.42. The van der Waals surface area contributed by atoms with E-state index in [-0.39, 0.29) is 18.2 Å². The van der Waals surface area contributed by atoms with Crippen molar-refractivity contribution in [2.24, 2.45) is 5.22 Å². The van der Waals surface area contributed by atoms with E-state index in [1.807, 2.05) is 24.4 Å². The van der Waals surface area contributed by atoms with E-state index in [9.17, 15) is 9.18 Å². The van der Waals surface area contributed by atoms with Gasteiger partial charge in [-0.05, 0) is 49.1 Å². The molecule has 0 amide bonds. The Morgan fingerprint density at radius 2 is 2.19 bits per heavy atom. The third-order valence-electron chi connectivity index (χ3n) is 6.58. The summed E-state index contributed by atoms with van der Waals surface area (Å²) in [6.45, 7) is 0.350. The molecule has 3 N–H and O–H groups in total. The number of ketones is 1. The van der Waals surface area contributed by atoms with Gasteiger partial charge in [0.1, 0.15) is 5.52 Å². The van der Waals surface area contributed by atoms with E-state index in [4.69, 9.17) is 10.5 Å². The molecule has 0 unspecified atom stereocenters. The standard InChI is InChI=1S/C23H23FN11O/c24-20-6-3-13(11-26-20)8-19(36)18-9-15(29-33-25)12-34(18)23-28-22(17-2-1-7-35(17)32-23)27-21-10-16(30-31-21)14-4-5-14/h1-3,6-7,10-11,14-15,18H,4-5,8-9,12H2,(H3-,25,27,28,29,30,31,32,33)/q-1/t15-,18-/m0/s1. The van der Waals surface area contributed by atoms with Gasteiger partial charge >= 0.3 is 0 Å². The number of carbonyl (C=O) groups is 1. The van der Waals surface area contributed by atoms with Gasteiger partial charge in [0.05, 0.1) is 6.04 Å². The topological polar surface area (TPSA) is 151 Å². The summed E-state index contributed by atoms with van der Waals surface area (Å²) in [6, 6.07) is 7.65. The maximum absolute atomic E-state index is 13.3. The number of aromatic amines is 1. The van der Waals surface area contributed by atoms with Gasteiger partial charge in [-0.1, -0.05) is 6.07 Å². The van der Waals surface area contributed by atoms with E-state index in [0.717, 1.165) is 24.1 Å². The van der Waals surface area contributed by atoms with Gasteiger partial charge in [-0.15, -0.1) is 5.10 Å². The number of aromatic nitrogens is 6. The largest absolute Gasteiger partial charge is 0.409 e. The molecule has 13 heteroatoms. The minimum atomic E-state index is -0.600. The van der Waals surface area contributed by atoms with E-state index in [1.165, 1.54) is 12.3 Å². The first-order chi connectivity index (χ1) is 17.6. The van der Waals surface area contributed by atoms with Crippen LogP contribution >= 0.6 is 0 Å². The number of anilines is 3. The van der Waals surface area contributed by atoms with Crippen LogP contribution in [0.3, 0.4) is 0 Å². The lowest BCUT2D eigenvalue weighted by molar-refractivity contribution is -0.119. The lowest BCUT2D eigenvalue weighted by Crippen LogP contribution is -2.38. The van der Waals surface area contributed by atoms with Crippen LogP contribution in [-0.4, -0.2) is 54.2 Å². The number of Topliss-reactive ketones (excluding diaryl/α,β-unsaturated/α-hetero) is 1. The van der Waals surface area contributed by atoms with Crippen molar-refractivity contribution in [2.45, 2.75) is 43.7 Å². The number of carbonyl (C=O) groups excluding carboxylic acids is 1. The summed E-state index contributed by atoms with van der Waals surface area (Å²) in [6.07, 6.45) is 5.95. The highest BCUT2D eigenvalue weighted by molar-refractivity contribution is 5.89. The Morgan fingerprint density at radius 3 is 2.97 bits per heavy atom. The van der Waals surface area contributed by atoms with Crippen molar-refractivity contribution in [1.29, 1.82) is 0 Å². The summed E-state index contributed by atoms with van der Waals surface area (Å²) < 4.78 is 14.9. The van der Waals surface area contributed by atoms with Crippen LogP contribution in [0.4, 0.5) is 22.0 Å². The first-order valence-electron chi connectivity index (χ1n) is 11.7. The molecular formula is C23H23FN11O-. The summed E-state index contributed by atoms with van der Waals surface area (Å²) in [5, 5.41) is 18.4. The summed E-state index contributed by atoms with van der Waals surface area (Å²) in [5.74, 6) is 1.39. The Kier molecular flexibility index (Phi) is 5.51. The van der Waals surface area contributed by atoms with Gasteiger partial charge in [0, 0.05) is 43.0 Å². The molecule has 0 spiro atoms. The molecule has 4 aromatic heterocycles. The first-order valence-corrected chi connectivity index (χ1v) is 11.7. The molecule has 2 aliphatic rings. The molecule has 0 aromatic carbocycles. The first kappa shape index (κ1) is 22.1. The second-order valence-corrected chi connectivity index (χ2v) is 9.17. The van der Waals surface area contributed by atoms with Crippen molar-refractivity contribution in [1.82, 2.24) is 35.2 Å². The Balaban J connectivity index is 1.31. The van der Waals surface area contributed by atoms with E-state index < -0.39 is 12.0 Å². The monoisotopic (exact) mass is 488 g/mol. The number of nitrogens with one attached hydrogen (secondary N) is 3. The number of rotatable bonds is 9. The highest BCUT2D eigenvalue weighted by Gasteiger charge is 2.37. The molecule has 2 atom stereocenters. The second kappa shape index (κ2) is 8.98. The maximum Gasteiger partial charge on any atom is 0.246 e. The number of hydrogen-bond donors (Lipinski definition) is 3. The zero-order chi connectivity index (χ0) is 24.6. The average Bonchev–Trinajstić information content (AvgIpc) is 3.25. The summed E-state index contributed by atoms with van der Waals surface area (Å²) in [4.78, 5) is 23.5. The van der Waals surface area contributed by atoms with E-state index in [0.29, 0.717) is 42.0 Å². The zero-order valence-electron chi connectivity index (χ0n) is 19.2. The predicted octanol–water partition coefficient (Wildman–Crippen LogP) is 2.89. The van der Waals surface area contributed by atoms with Crippen molar-refractivity contribution < 1.29 is 9.18 Å². The highest BCUT2D eigenvalue weighted by Crippen LogP contribution is 2.39. The quantitative estimate of drug-likeness (QED) is 0.185. The fraction of sp³-hybridized carbons (Fsp3) is 0.348. The molecule has 0 radical (unpaired) electrons. The van der Waals surface area contributed by atoms with E-state index >= 15 is 0 Å². The van der Waals surface area contributed by atoms with Crippen LogP contribution in [0.25, 0.3) is 11.0 Å². The van der Waals surface area contributed by atoms with Gasteiger partial charge in [0.15, 0.2) is 17.4 Å². The van der Waals surface area contributed by atoms with Gasteiger partial charge in [-0.2, -0.15) is 14.5 Å². The van der Waals surface area contributed by atoms with Crippen LogP contribution in [0.1, 0.15) is 36.4 Å². The minimum absolute atomic E-state index is 0.0749. The second-order valence-electron chi connectivity index (χ2n) is 9.17.